The zero-order valence-corrected chi connectivity index (χ0v) is 23.9. The van der Waals surface area contributed by atoms with Crippen LogP contribution in [0.3, 0.4) is 0 Å². The van der Waals surface area contributed by atoms with Crippen LogP contribution in [-0.4, -0.2) is 37.2 Å². The molecule has 8 nitrogen and oxygen atoms in total. The fourth-order valence-corrected chi connectivity index (χ4v) is 3.89. The van der Waals surface area contributed by atoms with Gasteiger partial charge in [0, 0.05) is 6.07 Å². The Bertz CT molecular complexity index is 1250. The molecule has 8 heteroatoms. The van der Waals surface area contributed by atoms with Gasteiger partial charge < -0.3 is 23.7 Å². The molecule has 0 bridgehead atoms. The first kappa shape index (κ1) is 31.2. The van der Waals surface area contributed by atoms with Crippen molar-refractivity contribution in [1.82, 2.24) is 0 Å². The number of rotatable bonds is 16. The molecule has 3 aromatic rings. The molecule has 0 aliphatic rings. The largest absolute Gasteiger partial charge is 0.494 e. The van der Waals surface area contributed by atoms with E-state index in [4.69, 9.17) is 23.7 Å². The van der Waals surface area contributed by atoms with Crippen molar-refractivity contribution in [3.8, 4) is 23.0 Å². The van der Waals surface area contributed by atoms with Gasteiger partial charge in [-0.1, -0.05) is 57.2 Å². The van der Waals surface area contributed by atoms with Crippen LogP contribution in [0.15, 0.2) is 72.8 Å². The quantitative estimate of drug-likeness (QED) is 0.103. The average Bonchev–Trinajstić information content (AvgIpc) is 2.98. The number of ether oxygens (including phenoxy) is 5. The van der Waals surface area contributed by atoms with E-state index < -0.39 is 24.0 Å². The van der Waals surface area contributed by atoms with Crippen molar-refractivity contribution in [3.05, 3.63) is 83.9 Å². The third-order valence-corrected chi connectivity index (χ3v) is 6.12. The number of carbonyl (C=O) groups is 3. The molecular weight excluding hydrogens is 524 g/mol. The van der Waals surface area contributed by atoms with E-state index in [9.17, 15) is 14.4 Å². The Morgan fingerprint density at radius 3 is 2.02 bits per heavy atom. The molecule has 1 atom stereocenters. The second kappa shape index (κ2) is 16.7. The van der Waals surface area contributed by atoms with Gasteiger partial charge in [-0.05, 0) is 68.8 Å². The predicted molar refractivity (Wildman–Crippen MR) is 155 cm³/mol. The summed E-state index contributed by atoms with van der Waals surface area (Å²) in [6.45, 7) is 6.24. The first-order valence-corrected chi connectivity index (χ1v) is 14.1. The maximum atomic E-state index is 12.8. The van der Waals surface area contributed by atoms with Crippen LogP contribution in [0, 0.1) is 0 Å². The van der Waals surface area contributed by atoms with Crippen LogP contribution in [0.2, 0.25) is 0 Å². The van der Waals surface area contributed by atoms with Gasteiger partial charge >= 0.3 is 17.9 Å². The minimum atomic E-state index is -0.959. The Hall–Kier alpha value is -4.33. The van der Waals surface area contributed by atoms with Crippen LogP contribution in [0.1, 0.15) is 80.0 Å². The molecule has 0 saturated carbocycles. The summed E-state index contributed by atoms with van der Waals surface area (Å²) in [7, 11) is 0. The molecular formula is C33H38O8. The standard InChI is InChI=1S/C33H38O8/c1-4-6-7-8-9-13-22-38-27-18-16-26(17-19-27)32(35)40-28-20-21-29(39-24(3)31(34)37-5-2)30(23-28)41-33(36)25-14-11-10-12-15-25/h10-12,14-21,23-24H,4-9,13,22H2,1-3H3/t24-/m0/s1. The van der Waals surface area contributed by atoms with Crippen molar-refractivity contribution >= 4 is 17.9 Å². The van der Waals surface area contributed by atoms with Gasteiger partial charge in [-0.3, -0.25) is 0 Å². The Morgan fingerprint density at radius 2 is 1.32 bits per heavy atom. The third-order valence-electron chi connectivity index (χ3n) is 6.12. The lowest BCUT2D eigenvalue weighted by atomic mass is 10.1. The lowest BCUT2D eigenvalue weighted by Crippen LogP contribution is -2.26. The number of benzene rings is 3. The van der Waals surface area contributed by atoms with Crippen molar-refractivity contribution in [1.29, 1.82) is 0 Å². The maximum absolute atomic E-state index is 12.8. The fourth-order valence-electron chi connectivity index (χ4n) is 3.89. The van der Waals surface area contributed by atoms with Crippen LogP contribution in [0.25, 0.3) is 0 Å². The molecule has 0 radical (unpaired) electrons. The van der Waals surface area contributed by atoms with Crippen LogP contribution in [0.4, 0.5) is 0 Å². The molecule has 0 aliphatic carbocycles. The van der Waals surface area contributed by atoms with Crippen molar-refractivity contribution < 1.29 is 38.1 Å². The zero-order chi connectivity index (χ0) is 29.5. The van der Waals surface area contributed by atoms with Crippen LogP contribution < -0.4 is 18.9 Å². The van der Waals surface area contributed by atoms with Crippen molar-refractivity contribution in [2.24, 2.45) is 0 Å². The van der Waals surface area contributed by atoms with Crippen LogP contribution >= 0.6 is 0 Å². The Kier molecular flexibility index (Phi) is 12.7. The summed E-state index contributed by atoms with van der Waals surface area (Å²) >= 11 is 0. The van der Waals surface area contributed by atoms with E-state index in [1.165, 1.54) is 50.8 Å². The summed E-state index contributed by atoms with van der Waals surface area (Å²) in [5.41, 5.74) is 0.647. The molecule has 0 amide bonds. The highest BCUT2D eigenvalue weighted by molar-refractivity contribution is 5.92. The second-order valence-electron chi connectivity index (χ2n) is 9.41. The summed E-state index contributed by atoms with van der Waals surface area (Å²) in [6.07, 6.45) is 6.13. The van der Waals surface area contributed by atoms with Gasteiger partial charge in [-0.25, -0.2) is 14.4 Å². The second-order valence-corrected chi connectivity index (χ2v) is 9.41. The topological polar surface area (TPSA) is 97.4 Å². The van der Waals surface area contributed by atoms with Gasteiger partial charge in [0.1, 0.15) is 11.5 Å². The van der Waals surface area contributed by atoms with Gasteiger partial charge in [0.25, 0.3) is 0 Å². The van der Waals surface area contributed by atoms with Crippen molar-refractivity contribution in [3.63, 3.8) is 0 Å². The molecule has 41 heavy (non-hydrogen) atoms. The minimum absolute atomic E-state index is 0.0151. The average molecular weight is 563 g/mol. The number of hydrogen-bond acceptors (Lipinski definition) is 8. The molecule has 3 rings (SSSR count). The van der Waals surface area contributed by atoms with Gasteiger partial charge in [-0.2, -0.15) is 0 Å². The van der Waals surface area contributed by atoms with Gasteiger partial charge in [-0.15, -0.1) is 0 Å². The molecule has 0 heterocycles. The smallest absolute Gasteiger partial charge is 0.347 e. The van der Waals surface area contributed by atoms with E-state index in [1.807, 2.05) is 0 Å². The highest BCUT2D eigenvalue weighted by Gasteiger charge is 2.21. The number of hydrogen-bond donors (Lipinski definition) is 0. The highest BCUT2D eigenvalue weighted by Crippen LogP contribution is 2.33. The zero-order valence-electron chi connectivity index (χ0n) is 23.9. The molecule has 0 aromatic heterocycles. The molecule has 0 unspecified atom stereocenters. The van der Waals surface area contributed by atoms with E-state index in [0.717, 1.165) is 12.8 Å². The summed E-state index contributed by atoms with van der Waals surface area (Å²) in [4.78, 5) is 37.7. The van der Waals surface area contributed by atoms with E-state index in [1.54, 1.807) is 61.5 Å². The van der Waals surface area contributed by atoms with Crippen molar-refractivity contribution in [2.45, 2.75) is 65.4 Å². The number of unbranched alkanes of at least 4 members (excludes halogenated alkanes) is 5. The van der Waals surface area contributed by atoms with Gasteiger partial charge in [0.2, 0.25) is 0 Å². The maximum Gasteiger partial charge on any atom is 0.347 e. The lowest BCUT2D eigenvalue weighted by Gasteiger charge is -2.17. The summed E-state index contributed by atoms with van der Waals surface area (Å²) in [6, 6.07) is 19.5. The van der Waals surface area contributed by atoms with Gasteiger partial charge in [0.05, 0.1) is 24.3 Å². The molecule has 0 aliphatic heterocycles. The number of esters is 3. The molecule has 0 fully saturated rings. The van der Waals surface area contributed by atoms with E-state index in [-0.39, 0.29) is 23.9 Å². The first-order valence-electron chi connectivity index (χ1n) is 14.1. The van der Waals surface area contributed by atoms with E-state index in [2.05, 4.69) is 6.92 Å². The van der Waals surface area contributed by atoms with E-state index in [0.29, 0.717) is 23.5 Å². The third kappa shape index (κ3) is 10.3. The monoisotopic (exact) mass is 562 g/mol. The lowest BCUT2D eigenvalue weighted by molar-refractivity contribution is -0.150. The molecule has 3 aromatic carbocycles. The summed E-state index contributed by atoms with van der Waals surface area (Å²) in [5.74, 6) is -0.892. The highest BCUT2D eigenvalue weighted by atomic mass is 16.6. The number of carbonyl (C=O) groups excluding carboxylic acids is 3. The Balaban J connectivity index is 1.66. The molecule has 0 N–H and O–H groups in total. The fraction of sp³-hybridized carbons (Fsp3) is 0.364. The van der Waals surface area contributed by atoms with Crippen LogP contribution in [-0.2, 0) is 9.53 Å². The Labute approximate surface area is 241 Å². The normalized spacial score (nSPS) is 11.3. The van der Waals surface area contributed by atoms with Crippen LogP contribution in [0.5, 0.6) is 23.0 Å². The Morgan fingerprint density at radius 1 is 0.683 bits per heavy atom. The summed E-state index contributed by atoms with van der Waals surface area (Å²) < 4.78 is 27.6. The molecule has 218 valence electrons. The first-order chi connectivity index (χ1) is 19.9. The minimum Gasteiger partial charge on any atom is -0.494 e. The molecule has 0 saturated heterocycles. The predicted octanol–water partition coefficient (Wildman–Crippen LogP) is 7.19. The van der Waals surface area contributed by atoms with Crippen molar-refractivity contribution in [2.75, 3.05) is 13.2 Å². The SMILES string of the molecule is CCCCCCCCOc1ccc(C(=O)Oc2ccc(O[C@@H](C)C(=O)OCC)c(OC(=O)c3ccccc3)c2)cc1. The molecule has 0 spiro atoms. The van der Waals surface area contributed by atoms with E-state index >= 15 is 0 Å². The van der Waals surface area contributed by atoms with Gasteiger partial charge in [0.15, 0.2) is 17.6 Å². The summed E-state index contributed by atoms with van der Waals surface area (Å²) in [5, 5.41) is 0.